The summed E-state index contributed by atoms with van der Waals surface area (Å²) in [5.74, 6) is 1.11. The first kappa shape index (κ1) is 12.0. The number of furan rings is 1. The Morgan fingerprint density at radius 1 is 1.53 bits per heavy atom. The first-order valence-electron chi connectivity index (χ1n) is 6.12. The number of hydrogen-bond donors (Lipinski definition) is 0. The number of aromatic nitrogens is 2. The van der Waals surface area contributed by atoms with E-state index in [0.29, 0.717) is 12.3 Å². The van der Waals surface area contributed by atoms with Gasteiger partial charge in [-0.1, -0.05) is 13.8 Å². The van der Waals surface area contributed by atoms with Crippen molar-refractivity contribution in [3.63, 3.8) is 0 Å². The van der Waals surface area contributed by atoms with Gasteiger partial charge >= 0.3 is 0 Å². The lowest BCUT2D eigenvalue weighted by atomic mass is 10.1. The molecule has 19 heavy (non-hydrogen) atoms. The molecular formula is C14H13N3OS. The maximum Gasteiger partial charge on any atom is 0.194 e. The van der Waals surface area contributed by atoms with Crippen molar-refractivity contribution in [2.24, 2.45) is 0 Å². The topological polar surface area (TPSA) is 54.2 Å². The summed E-state index contributed by atoms with van der Waals surface area (Å²) in [5.41, 5.74) is 2.94. The van der Waals surface area contributed by atoms with Crippen LogP contribution in [0.4, 0.5) is 0 Å². The monoisotopic (exact) mass is 271 g/mol. The van der Waals surface area contributed by atoms with Crippen LogP contribution in [-0.4, -0.2) is 9.38 Å². The minimum absolute atomic E-state index is 0.305. The number of nitriles is 1. The number of nitrogens with zero attached hydrogens (tertiary/aromatic N) is 3. The Morgan fingerprint density at radius 3 is 3.00 bits per heavy atom. The lowest BCUT2D eigenvalue weighted by molar-refractivity contribution is 0.579. The van der Waals surface area contributed by atoms with Gasteiger partial charge in [0.05, 0.1) is 30.1 Å². The molecule has 3 aromatic rings. The molecule has 0 saturated heterocycles. The third kappa shape index (κ3) is 1.85. The maximum absolute atomic E-state index is 9.05. The molecule has 0 bridgehead atoms. The molecule has 0 aliphatic rings. The summed E-state index contributed by atoms with van der Waals surface area (Å²) in [6.07, 6.45) is 2.02. The van der Waals surface area contributed by atoms with E-state index >= 15 is 0 Å². The predicted molar refractivity (Wildman–Crippen MR) is 74.2 cm³/mol. The Labute approximate surface area is 114 Å². The number of imidazole rings is 1. The van der Waals surface area contributed by atoms with E-state index < -0.39 is 0 Å². The molecule has 0 aliphatic heterocycles. The maximum atomic E-state index is 9.05. The van der Waals surface area contributed by atoms with Crippen LogP contribution in [0, 0.1) is 11.3 Å². The standard InChI is InChI=1S/C14H13N3OS/c1-9(2)13-10(5-6-15)17-11(8-19-14(17)16-13)12-4-3-7-18-12/h3-4,7-9H,5H2,1-2H3. The zero-order valence-corrected chi connectivity index (χ0v) is 11.6. The van der Waals surface area contributed by atoms with Crippen molar-refractivity contribution in [2.75, 3.05) is 0 Å². The van der Waals surface area contributed by atoms with Crippen molar-refractivity contribution in [2.45, 2.75) is 26.2 Å². The Balaban J connectivity index is 2.29. The van der Waals surface area contributed by atoms with Crippen LogP contribution in [0.2, 0.25) is 0 Å². The molecule has 0 aliphatic carbocycles. The van der Waals surface area contributed by atoms with Gasteiger partial charge in [-0.3, -0.25) is 4.40 Å². The van der Waals surface area contributed by atoms with Gasteiger partial charge in [-0.15, -0.1) is 11.3 Å². The van der Waals surface area contributed by atoms with Crippen LogP contribution in [-0.2, 0) is 6.42 Å². The first-order valence-corrected chi connectivity index (χ1v) is 7.00. The minimum atomic E-state index is 0.305. The highest BCUT2D eigenvalue weighted by molar-refractivity contribution is 7.15. The molecule has 0 radical (unpaired) electrons. The lowest BCUT2D eigenvalue weighted by Gasteiger charge is -2.04. The molecule has 3 aromatic heterocycles. The predicted octanol–water partition coefficient (Wildman–Crippen LogP) is 3.85. The summed E-state index contributed by atoms with van der Waals surface area (Å²) in [6.45, 7) is 4.19. The molecule has 0 saturated carbocycles. The third-order valence-electron chi connectivity index (χ3n) is 3.06. The Morgan fingerprint density at radius 2 is 2.37 bits per heavy atom. The van der Waals surface area contributed by atoms with Gasteiger partial charge < -0.3 is 4.42 Å². The Bertz CT molecular complexity index is 744. The molecule has 96 valence electrons. The number of rotatable bonds is 3. The van der Waals surface area contributed by atoms with Crippen LogP contribution in [0.5, 0.6) is 0 Å². The van der Waals surface area contributed by atoms with Crippen LogP contribution < -0.4 is 0 Å². The normalized spacial score (nSPS) is 11.3. The highest BCUT2D eigenvalue weighted by atomic mass is 32.1. The molecule has 0 atom stereocenters. The van der Waals surface area contributed by atoms with Crippen LogP contribution in [0.15, 0.2) is 28.2 Å². The van der Waals surface area contributed by atoms with Gasteiger partial charge in [0, 0.05) is 5.38 Å². The number of hydrogen-bond acceptors (Lipinski definition) is 4. The van der Waals surface area contributed by atoms with Crippen molar-refractivity contribution < 1.29 is 4.42 Å². The van der Waals surface area contributed by atoms with Crippen LogP contribution in [0.1, 0.15) is 31.2 Å². The quantitative estimate of drug-likeness (QED) is 0.727. The van der Waals surface area contributed by atoms with E-state index in [1.165, 1.54) is 0 Å². The Kier molecular flexibility index (Phi) is 2.88. The Hall–Kier alpha value is -2.06. The fraction of sp³-hybridized carbons (Fsp3) is 0.286. The van der Waals surface area contributed by atoms with Crippen LogP contribution >= 0.6 is 11.3 Å². The van der Waals surface area contributed by atoms with Gasteiger partial charge in [0.1, 0.15) is 5.69 Å². The molecule has 4 nitrogen and oxygen atoms in total. The summed E-state index contributed by atoms with van der Waals surface area (Å²) < 4.78 is 7.51. The zero-order valence-electron chi connectivity index (χ0n) is 10.8. The summed E-state index contributed by atoms with van der Waals surface area (Å²) in [4.78, 5) is 5.57. The first-order chi connectivity index (χ1) is 9.22. The highest BCUT2D eigenvalue weighted by Gasteiger charge is 2.20. The molecule has 3 rings (SSSR count). The fourth-order valence-electron chi connectivity index (χ4n) is 2.24. The van der Waals surface area contributed by atoms with Crippen molar-refractivity contribution in [1.29, 1.82) is 5.26 Å². The van der Waals surface area contributed by atoms with Crippen LogP contribution in [0.3, 0.4) is 0 Å². The van der Waals surface area contributed by atoms with Crippen molar-refractivity contribution in [1.82, 2.24) is 9.38 Å². The third-order valence-corrected chi connectivity index (χ3v) is 3.88. The smallest absolute Gasteiger partial charge is 0.194 e. The number of fused-ring (bicyclic) bond motifs is 1. The average Bonchev–Trinajstić information content (AvgIpc) is 3.04. The minimum Gasteiger partial charge on any atom is -0.463 e. The van der Waals surface area contributed by atoms with E-state index in [9.17, 15) is 0 Å². The summed E-state index contributed by atoms with van der Waals surface area (Å²) in [6, 6.07) is 6.02. The van der Waals surface area contributed by atoms with E-state index in [0.717, 1.165) is 27.8 Å². The van der Waals surface area contributed by atoms with Crippen LogP contribution in [0.25, 0.3) is 16.4 Å². The van der Waals surface area contributed by atoms with Gasteiger partial charge in [0.2, 0.25) is 0 Å². The van der Waals surface area contributed by atoms with Crippen molar-refractivity contribution >= 4 is 16.3 Å². The highest BCUT2D eigenvalue weighted by Crippen LogP contribution is 2.31. The molecule has 5 heteroatoms. The van der Waals surface area contributed by atoms with E-state index in [1.807, 2.05) is 21.9 Å². The van der Waals surface area contributed by atoms with E-state index in [2.05, 4.69) is 24.9 Å². The van der Waals surface area contributed by atoms with E-state index in [1.54, 1.807) is 17.6 Å². The molecule has 0 N–H and O–H groups in total. The zero-order chi connectivity index (χ0) is 13.4. The van der Waals surface area contributed by atoms with Gasteiger partial charge in [-0.2, -0.15) is 5.26 Å². The molecular weight excluding hydrogens is 258 g/mol. The van der Waals surface area contributed by atoms with Gasteiger partial charge in [0.15, 0.2) is 10.7 Å². The molecule has 0 fully saturated rings. The molecule has 0 amide bonds. The molecule has 0 aromatic carbocycles. The SMILES string of the molecule is CC(C)c1nc2scc(-c3ccco3)n2c1CC#N. The number of thiazole rings is 1. The molecule has 0 spiro atoms. The van der Waals surface area contributed by atoms with Gasteiger partial charge in [-0.25, -0.2) is 4.98 Å². The largest absolute Gasteiger partial charge is 0.463 e. The second-order valence-corrected chi connectivity index (χ2v) is 5.49. The average molecular weight is 271 g/mol. The van der Waals surface area contributed by atoms with E-state index in [-0.39, 0.29) is 0 Å². The fourth-order valence-corrected chi connectivity index (χ4v) is 3.14. The lowest BCUT2D eigenvalue weighted by Crippen LogP contribution is -1.98. The second-order valence-electron chi connectivity index (χ2n) is 4.65. The van der Waals surface area contributed by atoms with Gasteiger partial charge in [0.25, 0.3) is 0 Å². The molecule has 3 heterocycles. The summed E-state index contributed by atoms with van der Waals surface area (Å²) in [5, 5.41) is 11.1. The summed E-state index contributed by atoms with van der Waals surface area (Å²) >= 11 is 1.57. The second kappa shape index (κ2) is 4.56. The molecule has 0 unspecified atom stereocenters. The van der Waals surface area contributed by atoms with Gasteiger partial charge in [-0.05, 0) is 18.1 Å². The van der Waals surface area contributed by atoms with Crippen molar-refractivity contribution in [3.8, 4) is 17.5 Å². The summed E-state index contributed by atoms with van der Waals surface area (Å²) in [7, 11) is 0. The van der Waals surface area contributed by atoms with E-state index in [4.69, 9.17) is 9.68 Å². The van der Waals surface area contributed by atoms with Crippen molar-refractivity contribution in [3.05, 3.63) is 35.2 Å².